The van der Waals surface area contributed by atoms with Gasteiger partial charge >= 0.3 is 5.97 Å². The van der Waals surface area contributed by atoms with Crippen molar-refractivity contribution in [1.82, 2.24) is 0 Å². The average Bonchev–Trinajstić information content (AvgIpc) is 2.57. The maximum Gasteiger partial charge on any atom is 0.308 e. The van der Waals surface area contributed by atoms with Gasteiger partial charge in [0.1, 0.15) is 0 Å². The van der Waals surface area contributed by atoms with E-state index in [-0.39, 0.29) is 21.7 Å². The zero-order valence-corrected chi connectivity index (χ0v) is 11.3. The summed E-state index contributed by atoms with van der Waals surface area (Å²) >= 11 is 12.0. The van der Waals surface area contributed by atoms with Gasteiger partial charge in [-0.2, -0.15) is 0 Å². The molecule has 1 aromatic rings. The van der Waals surface area contributed by atoms with E-state index in [1.807, 2.05) is 0 Å². The number of nitrogens with two attached hydrogens (primary N) is 1. The molecule has 0 aliphatic carbocycles. The number of carbonyl (C=O) groups excluding carboxylic acids is 2. The molecule has 100 valence electrons. The smallest absolute Gasteiger partial charge is 0.308 e. The summed E-state index contributed by atoms with van der Waals surface area (Å²) in [5, 5.41) is 0.533. The first-order chi connectivity index (χ1) is 8.91. The Morgan fingerprint density at radius 2 is 1.95 bits per heavy atom. The average molecular weight is 302 g/mol. The SMILES string of the molecule is CC(=O)OC1=C(N)OC(c2c(Cl)cccc2Cl)C1=O. The maximum atomic E-state index is 12.1. The van der Waals surface area contributed by atoms with Crippen molar-refractivity contribution in [2.24, 2.45) is 5.73 Å². The number of esters is 1. The molecule has 0 spiro atoms. The van der Waals surface area contributed by atoms with Gasteiger partial charge in [0, 0.05) is 22.5 Å². The molecule has 1 aliphatic heterocycles. The Morgan fingerprint density at radius 3 is 2.47 bits per heavy atom. The fourth-order valence-corrected chi connectivity index (χ4v) is 2.27. The number of carbonyl (C=O) groups is 2. The summed E-state index contributed by atoms with van der Waals surface area (Å²) in [4.78, 5) is 23.0. The van der Waals surface area contributed by atoms with Crippen LogP contribution in [0.1, 0.15) is 18.6 Å². The van der Waals surface area contributed by atoms with Crippen LogP contribution in [0.25, 0.3) is 0 Å². The summed E-state index contributed by atoms with van der Waals surface area (Å²) in [7, 11) is 0. The van der Waals surface area contributed by atoms with E-state index in [0.29, 0.717) is 5.56 Å². The van der Waals surface area contributed by atoms with E-state index < -0.39 is 17.9 Å². The lowest BCUT2D eigenvalue weighted by molar-refractivity contribution is -0.140. The number of rotatable bonds is 2. The number of ether oxygens (including phenoxy) is 2. The highest BCUT2D eigenvalue weighted by atomic mass is 35.5. The van der Waals surface area contributed by atoms with Crippen LogP contribution in [0.4, 0.5) is 0 Å². The molecule has 1 aromatic carbocycles. The van der Waals surface area contributed by atoms with E-state index in [9.17, 15) is 9.59 Å². The molecule has 0 radical (unpaired) electrons. The van der Waals surface area contributed by atoms with E-state index in [1.54, 1.807) is 18.2 Å². The van der Waals surface area contributed by atoms with Crippen molar-refractivity contribution in [2.75, 3.05) is 0 Å². The maximum absolute atomic E-state index is 12.1. The molecule has 7 heteroatoms. The third-order valence-corrected chi connectivity index (χ3v) is 3.10. The number of hydrogen-bond donors (Lipinski definition) is 1. The molecule has 1 heterocycles. The standard InChI is InChI=1S/C12H9Cl2NO4/c1-5(16)18-11-9(17)10(19-12(11)15)8-6(13)3-2-4-7(8)14/h2-4,10H,15H2,1H3. The molecular weight excluding hydrogens is 293 g/mol. The minimum absolute atomic E-state index is 0.263. The second-order valence-corrected chi connectivity index (χ2v) is 4.60. The normalized spacial score (nSPS) is 18.5. The minimum atomic E-state index is -1.10. The van der Waals surface area contributed by atoms with Crippen molar-refractivity contribution in [3.05, 3.63) is 45.5 Å². The number of halogens is 2. The fraction of sp³-hybridized carbons (Fsp3) is 0.167. The Bertz CT molecular complexity index is 577. The number of Topliss-reactive ketones (excluding diaryl/α,β-unsaturated/α-hetero) is 1. The van der Waals surface area contributed by atoms with Crippen LogP contribution in [0.5, 0.6) is 0 Å². The molecule has 2 N–H and O–H groups in total. The lowest BCUT2D eigenvalue weighted by Crippen LogP contribution is -2.14. The predicted molar refractivity (Wildman–Crippen MR) is 68.3 cm³/mol. The van der Waals surface area contributed by atoms with Crippen molar-refractivity contribution >= 4 is 35.0 Å². The molecular formula is C12H9Cl2NO4. The highest BCUT2D eigenvalue weighted by Crippen LogP contribution is 2.38. The van der Waals surface area contributed by atoms with Gasteiger partial charge in [-0.15, -0.1) is 0 Å². The summed E-state index contributed by atoms with van der Waals surface area (Å²) in [5.41, 5.74) is 5.81. The van der Waals surface area contributed by atoms with E-state index in [2.05, 4.69) is 0 Å². The highest BCUT2D eigenvalue weighted by molar-refractivity contribution is 6.36. The van der Waals surface area contributed by atoms with E-state index >= 15 is 0 Å². The first-order valence-corrected chi connectivity index (χ1v) is 6.00. The first kappa shape index (κ1) is 13.7. The largest absolute Gasteiger partial charge is 0.460 e. The summed E-state index contributed by atoms with van der Waals surface area (Å²) in [6.45, 7) is 1.16. The lowest BCUT2D eigenvalue weighted by atomic mass is 10.1. The van der Waals surface area contributed by atoms with Gasteiger partial charge in [0.25, 0.3) is 0 Å². The lowest BCUT2D eigenvalue weighted by Gasteiger charge is -2.13. The van der Waals surface area contributed by atoms with Gasteiger partial charge < -0.3 is 15.2 Å². The van der Waals surface area contributed by atoms with Crippen LogP contribution in [0.15, 0.2) is 29.8 Å². The van der Waals surface area contributed by atoms with E-state index in [0.717, 1.165) is 6.92 Å². The fourth-order valence-electron chi connectivity index (χ4n) is 1.67. The number of ketones is 1. The van der Waals surface area contributed by atoms with Gasteiger partial charge in [-0.05, 0) is 12.1 Å². The molecule has 0 amide bonds. The van der Waals surface area contributed by atoms with Gasteiger partial charge in [-0.3, -0.25) is 9.59 Å². The third kappa shape index (κ3) is 2.52. The highest BCUT2D eigenvalue weighted by Gasteiger charge is 2.39. The molecule has 5 nitrogen and oxygen atoms in total. The number of hydrogen-bond acceptors (Lipinski definition) is 5. The first-order valence-electron chi connectivity index (χ1n) is 5.24. The van der Waals surface area contributed by atoms with Crippen LogP contribution < -0.4 is 5.73 Å². The third-order valence-electron chi connectivity index (χ3n) is 2.44. The zero-order valence-electron chi connectivity index (χ0n) is 9.78. The molecule has 1 aliphatic rings. The van der Waals surface area contributed by atoms with Crippen molar-refractivity contribution < 1.29 is 19.1 Å². The van der Waals surface area contributed by atoms with Gasteiger partial charge in [-0.1, -0.05) is 29.3 Å². The Kier molecular flexibility index (Phi) is 3.68. The van der Waals surface area contributed by atoms with Crippen molar-refractivity contribution in [2.45, 2.75) is 13.0 Å². The van der Waals surface area contributed by atoms with Crippen molar-refractivity contribution in [3.63, 3.8) is 0 Å². The zero-order chi connectivity index (χ0) is 14.2. The molecule has 0 saturated carbocycles. The molecule has 0 saturated heterocycles. The van der Waals surface area contributed by atoms with Gasteiger partial charge in [0.05, 0.1) is 0 Å². The molecule has 0 fully saturated rings. The topological polar surface area (TPSA) is 78.6 Å². The van der Waals surface area contributed by atoms with Gasteiger partial charge in [0.2, 0.25) is 17.4 Å². The van der Waals surface area contributed by atoms with Crippen LogP contribution >= 0.6 is 23.2 Å². The Labute approximate surface area is 118 Å². The van der Waals surface area contributed by atoms with Gasteiger partial charge in [-0.25, -0.2) is 0 Å². The Morgan fingerprint density at radius 1 is 1.37 bits per heavy atom. The van der Waals surface area contributed by atoms with Gasteiger partial charge in [0.15, 0.2) is 6.10 Å². The summed E-state index contributed by atoms with van der Waals surface area (Å²) < 4.78 is 9.92. The molecule has 1 unspecified atom stereocenters. The predicted octanol–water partition coefficient (Wildman–Crippen LogP) is 2.32. The number of benzene rings is 1. The molecule has 1 atom stereocenters. The second-order valence-electron chi connectivity index (χ2n) is 3.78. The van der Waals surface area contributed by atoms with Crippen molar-refractivity contribution in [3.8, 4) is 0 Å². The van der Waals surface area contributed by atoms with Crippen molar-refractivity contribution in [1.29, 1.82) is 0 Å². The van der Waals surface area contributed by atoms with Crippen LogP contribution in [0.3, 0.4) is 0 Å². The summed E-state index contributed by atoms with van der Waals surface area (Å²) in [6.07, 6.45) is -1.10. The molecule has 19 heavy (non-hydrogen) atoms. The Balaban J connectivity index is 2.37. The van der Waals surface area contributed by atoms with Crippen LogP contribution in [0, 0.1) is 0 Å². The van der Waals surface area contributed by atoms with Crippen LogP contribution in [-0.4, -0.2) is 11.8 Å². The minimum Gasteiger partial charge on any atom is -0.460 e. The Hall–Kier alpha value is -1.72. The summed E-state index contributed by atoms with van der Waals surface area (Å²) in [6, 6.07) is 4.77. The summed E-state index contributed by atoms with van der Waals surface area (Å²) in [5.74, 6) is -1.85. The molecule has 2 rings (SSSR count). The van der Waals surface area contributed by atoms with Crippen LogP contribution in [-0.2, 0) is 19.1 Å². The van der Waals surface area contributed by atoms with E-state index in [4.69, 9.17) is 38.4 Å². The monoisotopic (exact) mass is 301 g/mol. The van der Waals surface area contributed by atoms with Crippen LogP contribution in [0.2, 0.25) is 10.0 Å². The quantitative estimate of drug-likeness (QED) is 0.848. The molecule has 0 aromatic heterocycles. The van der Waals surface area contributed by atoms with E-state index in [1.165, 1.54) is 0 Å². The second kappa shape index (κ2) is 5.11. The molecule has 0 bridgehead atoms.